The average Bonchev–Trinajstić information content (AvgIpc) is 1.85. The van der Waals surface area contributed by atoms with Crippen molar-refractivity contribution in [1.82, 2.24) is 0 Å². The molecule has 0 spiro atoms. The maximum atomic E-state index is 6.03. The third-order valence-electron chi connectivity index (χ3n) is 2.39. The Hall–Kier alpha value is -0.0831. The second kappa shape index (κ2) is 2.76. The van der Waals surface area contributed by atoms with E-state index in [2.05, 4.69) is 32.7 Å². The van der Waals surface area contributed by atoms with E-state index in [-0.39, 0.29) is 5.60 Å². The van der Waals surface area contributed by atoms with Crippen LogP contribution in [-0.2, 0) is 4.43 Å². The standard InChI is InChI=1S/C9H18OSi/c1-5-11(4)8-6-7-9(2,3)10-11/h5H,1,6-8H2,2-4H3. The first kappa shape index (κ1) is 9.01. The van der Waals surface area contributed by atoms with Crippen molar-refractivity contribution in [2.45, 2.75) is 44.9 Å². The van der Waals surface area contributed by atoms with Crippen molar-refractivity contribution in [2.24, 2.45) is 0 Å². The molecule has 0 aliphatic carbocycles. The molecule has 2 heteroatoms. The highest BCUT2D eigenvalue weighted by Crippen LogP contribution is 2.33. The van der Waals surface area contributed by atoms with Crippen LogP contribution in [0.4, 0.5) is 0 Å². The maximum Gasteiger partial charge on any atom is 0.214 e. The van der Waals surface area contributed by atoms with Gasteiger partial charge in [0.25, 0.3) is 0 Å². The highest BCUT2D eigenvalue weighted by molar-refractivity contribution is 6.77. The Kier molecular flexibility index (Phi) is 2.26. The number of hydrogen-bond donors (Lipinski definition) is 0. The zero-order valence-electron chi connectivity index (χ0n) is 7.81. The van der Waals surface area contributed by atoms with Crippen LogP contribution in [0.2, 0.25) is 12.6 Å². The van der Waals surface area contributed by atoms with E-state index in [9.17, 15) is 0 Å². The van der Waals surface area contributed by atoms with Crippen molar-refractivity contribution in [3.63, 3.8) is 0 Å². The summed E-state index contributed by atoms with van der Waals surface area (Å²) >= 11 is 0. The minimum Gasteiger partial charge on any atom is -0.408 e. The Morgan fingerprint density at radius 1 is 1.55 bits per heavy atom. The van der Waals surface area contributed by atoms with Crippen molar-refractivity contribution >= 4 is 8.32 Å². The molecule has 1 heterocycles. The van der Waals surface area contributed by atoms with Gasteiger partial charge in [0, 0.05) is 0 Å². The van der Waals surface area contributed by atoms with Crippen molar-refractivity contribution in [2.75, 3.05) is 0 Å². The molecular weight excluding hydrogens is 152 g/mol. The summed E-state index contributed by atoms with van der Waals surface area (Å²) in [5, 5.41) is 0. The van der Waals surface area contributed by atoms with Crippen LogP contribution in [0, 0.1) is 0 Å². The van der Waals surface area contributed by atoms with E-state index in [4.69, 9.17) is 4.43 Å². The van der Waals surface area contributed by atoms with Gasteiger partial charge in [-0.05, 0) is 32.9 Å². The van der Waals surface area contributed by atoms with Gasteiger partial charge in [-0.3, -0.25) is 0 Å². The molecule has 1 rings (SSSR count). The van der Waals surface area contributed by atoms with Gasteiger partial charge < -0.3 is 4.43 Å². The largest absolute Gasteiger partial charge is 0.408 e. The van der Waals surface area contributed by atoms with Crippen molar-refractivity contribution in [3.8, 4) is 0 Å². The molecule has 1 nitrogen and oxygen atoms in total. The number of rotatable bonds is 1. The van der Waals surface area contributed by atoms with Crippen molar-refractivity contribution in [3.05, 3.63) is 12.3 Å². The topological polar surface area (TPSA) is 9.23 Å². The zero-order valence-corrected chi connectivity index (χ0v) is 8.81. The van der Waals surface area contributed by atoms with E-state index in [1.807, 2.05) is 0 Å². The van der Waals surface area contributed by atoms with Gasteiger partial charge in [0.1, 0.15) is 0 Å². The molecule has 1 aliphatic rings. The van der Waals surface area contributed by atoms with Crippen LogP contribution in [0.1, 0.15) is 26.7 Å². The molecule has 0 saturated carbocycles. The summed E-state index contributed by atoms with van der Waals surface area (Å²) < 4.78 is 6.03. The first-order valence-electron chi connectivity index (χ1n) is 4.31. The highest BCUT2D eigenvalue weighted by Gasteiger charge is 2.36. The quantitative estimate of drug-likeness (QED) is 0.550. The summed E-state index contributed by atoms with van der Waals surface area (Å²) in [6.45, 7) is 10.5. The van der Waals surface area contributed by atoms with Gasteiger partial charge in [-0.25, -0.2) is 0 Å². The maximum absolute atomic E-state index is 6.03. The monoisotopic (exact) mass is 170 g/mol. The van der Waals surface area contributed by atoms with Crippen LogP contribution in [0.3, 0.4) is 0 Å². The smallest absolute Gasteiger partial charge is 0.214 e. The third-order valence-corrected chi connectivity index (χ3v) is 5.62. The summed E-state index contributed by atoms with van der Waals surface area (Å²) in [4.78, 5) is 0. The van der Waals surface area contributed by atoms with Crippen molar-refractivity contribution in [1.29, 1.82) is 0 Å². The van der Waals surface area contributed by atoms with Gasteiger partial charge in [-0.1, -0.05) is 12.1 Å². The fourth-order valence-electron chi connectivity index (χ4n) is 1.74. The predicted molar refractivity (Wildman–Crippen MR) is 51.0 cm³/mol. The van der Waals surface area contributed by atoms with E-state index >= 15 is 0 Å². The molecular formula is C9H18OSi. The molecule has 0 radical (unpaired) electrons. The molecule has 0 aromatic heterocycles. The molecule has 0 aromatic rings. The molecule has 1 saturated heterocycles. The normalized spacial score (nSPS) is 36.6. The molecule has 64 valence electrons. The first-order valence-corrected chi connectivity index (χ1v) is 7.00. The lowest BCUT2D eigenvalue weighted by atomic mass is 10.0. The minimum absolute atomic E-state index is 0.105. The van der Waals surface area contributed by atoms with Crippen LogP contribution in [0.5, 0.6) is 0 Å². The first-order chi connectivity index (χ1) is 4.97. The van der Waals surface area contributed by atoms with Gasteiger partial charge in [-0.15, -0.1) is 6.58 Å². The fraction of sp³-hybridized carbons (Fsp3) is 0.778. The minimum atomic E-state index is -1.48. The Bertz CT molecular complexity index is 165. The van der Waals surface area contributed by atoms with Crippen LogP contribution in [0.15, 0.2) is 12.3 Å². The van der Waals surface area contributed by atoms with E-state index in [1.165, 1.54) is 18.9 Å². The van der Waals surface area contributed by atoms with Crippen LogP contribution in [0.25, 0.3) is 0 Å². The molecule has 11 heavy (non-hydrogen) atoms. The molecule has 1 atom stereocenters. The molecule has 1 aliphatic heterocycles. The Balaban J connectivity index is 2.66. The molecule has 0 aromatic carbocycles. The predicted octanol–water partition coefficient (Wildman–Crippen LogP) is 2.88. The van der Waals surface area contributed by atoms with E-state index in [0.29, 0.717) is 0 Å². The lowest BCUT2D eigenvalue weighted by Gasteiger charge is -2.40. The lowest BCUT2D eigenvalue weighted by molar-refractivity contribution is 0.0744. The second-order valence-electron chi connectivity index (χ2n) is 4.23. The summed E-state index contributed by atoms with van der Waals surface area (Å²) in [7, 11) is -1.48. The van der Waals surface area contributed by atoms with Crippen LogP contribution >= 0.6 is 0 Å². The van der Waals surface area contributed by atoms with Gasteiger partial charge in [-0.2, -0.15) is 0 Å². The molecule has 0 N–H and O–H groups in total. The summed E-state index contributed by atoms with van der Waals surface area (Å²) in [6.07, 6.45) is 2.51. The summed E-state index contributed by atoms with van der Waals surface area (Å²) in [5.74, 6) is 0. The second-order valence-corrected chi connectivity index (χ2v) is 7.97. The Morgan fingerprint density at radius 3 is 2.55 bits per heavy atom. The van der Waals surface area contributed by atoms with Gasteiger partial charge >= 0.3 is 0 Å². The Labute approximate surface area is 70.6 Å². The summed E-state index contributed by atoms with van der Waals surface area (Å²) in [6, 6.07) is 1.25. The SMILES string of the molecule is C=C[Si]1(C)CCCC(C)(C)O1. The molecule has 0 amide bonds. The average molecular weight is 170 g/mol. The number of hydrogen-bond acceptors (Lipinski definition) is 1. The van der Waals surface area contributed by atoms with E-state index < -0.39 is 8.32 Å². The van der Waals surface area contributed by atoms with Crippen LogP contribution < -0.4 is 0 Å². The van der Waals surface area contributed by atoms with Gasteiger partial charge in [0.2, 0.25) is 8.32 Å². The Morgan fingerprint density at radius 2 is 2.18 bits per heavy atom. The van der Waals surface area contributed by atoms with E-state index in [1.54, 1.807) is 0 Å². The summed E-state index contributed by atoms with van der Waals surface area (Å²) in [5.41, 5.74) is 2.17. The fourth-order valence-corrected chi connectivity index (χ4v) is 4.37. The molecule has 0 bridgehead atoms. The highest BCUT2D eigenvalue weighted by atomic mass is 28.4. The molecule has 1 fully saturated rings. The molecule has 1 unspecified atom stereocenters. The third kappa shape index (κ3) is 2.17. The van der Waals surface area contributed by atoms with Gasteiger partial charge in [0.15, 0.2) is 0 Å². The lowest BCUT2D eigenvalue weighted by Crippen LogP contribution is -2.45. The van der Waals surface area contributed by atoms with Crippen molar-refractivity contribution < 1.29 is 4.43 Å². The zero-order chi connectivity index (χ0) is 8.54. The van der Waals surface area contributed by atoms with Gasteiger partial charge in [0.05, 0.1) is 5.60 Å². The van der Waals surface area contributed by atoms with E-state index in [0.717, 1.165) is 0 Å². The van der Waals surface area contributed by atoms with Crippen LogP contribution in [-0.4, -0.2) is 13.9 Å².